The highest BCUT2D eigenvalue weighted by Crippen LogP contribution is 2.22. The van der Waals surface area contributed by atoms with Crippen LogP contribution < -0.4 is 5.32 Å². The molecule has 11 heteroatoms. The van der Waals surface area contributed by atoms with E-state index in [-0.39, 0.29) is 33.9 Å². The number of fused-ring (bicyclic) bond motifs is 1. The molecule has 0 fully saturated rings. The molecule has 0 spiro atoms. The van der Waals surface area contributed by atoms with Crippen LogP contribution in [0.3, 0.4) is 0 Å². The number of halogens is 1. The number of hydrogen-bond donors (Lipinski definition) is 2. The van der Waals surface area contributed by atoms with Gasteiger partial charge in [-0.15, -0.1) is 0 Å². The molecule has 0 unspecified atom stereocenters. The van der Waals surface area contributed by atoms with E-state index in [0.29, 0.717) is 5.69 Å². The molecule has 0 bridgehead atoms. The molecule has 9 nitrogen and oxygen atoms in total. The molecule has 0 aliphatic rings. The topological polar surface area (TPSA) is 119 Å². The van der Waals surface area contributed by atoms with E-state index in [9.17, 15) is 22.7 Å². The quantitative estimate of drug-likeness (QED) is 0.318. The van der Waals surface area contributed by atoms with Crippen molar-refractivity contribution in [3.05, 3.63) is 113 Å². The van der Waals surface area contributed by atoms with E-state index in [0.717, 1.165) is 23.3 Å². The van der Waals surface area contributed by atoms with Crippen molar-refractivity contribution < 1.29 is 22.7 Å². The number of carbonyl (C=O) groups is 1. The van der Waals surface area contributed by atoms with Gasteiger partial charge in [-0.1, -0.05) is 11.8 Å². The van der Waals surface area contributed by atoms with E-state index in [2.05, 4.69) is 27.2 Å². The number of benzene rings is 2. The number of nitrogens with one attached hydrogen (secondary N) is 1. The van der Waals surface area contributed by atoms with Gasteiger partial charge in [-0.3, -0.25) is 9.48 Å². The molecule has 3 aromatic heterocycles. The summed E-state index contributed by atoms with van der Waals surface area (Å²) in [7, 11) is -2.21. The number of amides is 1. The zero-order valence-electron chi connectivity index (χ0n) is 20.7. The number of aromatic nitrogens is 4. The van der Waals surface area contributed by atoms with Gasteiger partial charge in [0.1, 0.15) is 5.65 Å². The molecule has 0 saturated carbocycles. The second-order valence-electron chi connectivity index (χ2n) is 8.78. The molecule has 2 aromatic carbocycles. The maximum atomic E-state index is 13.5. The predicted octanol–water partition coefficient (Wildman–Crippen LogP) is 3.22. The number of sulfone groups is 1. The lowest BCUT2D eigenvalue weighted by molar-refractivity contribution is 0.0950. The molecule has 0 atom stereocenters. The highest BCUT2D eigenvalue weighted by atomic mass is 32.2. The largest absolute Gasteiger partial charge is 0.505 e. The molecule has 0 aliphatic heterocycles. The zero-order chi connectivity index (χ0) is 27.6. The van der Waals surface area contributed by atoms with Crippen molar-refractivity contribution in [1.29, 1.82) is 0 Å². The number of rotatable bonds is 6. The fourth-order valence-corrected chi connectivity index (χ4v) is 5.35. The van der Waals surface area contributed by atoms with Crippen molar-refractivity contribution in [2.75, 3.05) is 0 Å². The highest BCUT2D eigenvalue weighted by molar-refractivity contribution is 7.90. The number of aromatic hydroxyl groups is 1. The summed E-state index contributed by atoms with van der Waals surface area (Å²) in [6, 6.07) is 13.0. The lowest BCUT2D eigenvalue weighted by Crippen LogP contribution is -2.23. The maximum absolute atomic E-state index is 13.5. The molecular weight excluding hydrogens is 521 g/mol. The van der Waals surface area contributed by atoms with Crippen molar-refractivity contribution in [2.45, 2.75) is 17.2 Å². The van der Waals surface area contributed by atoms with Crippen molar-refractivity contribution in [3.63, 3.8) is 0 Å². The Kier molecular flexibility index (Phi) is 6.87. The molecule has 3 heterocycles. The Morgan fingerprint density at radius 1 is 1.05 bits per heavy atom. The van der Waals surface area contributed by atoms with Gasteiger partial charge in [-0.25, -0.2) is 17.8 Å². The van der Waals surface area contributed by atoms with Gasteiger partial charge in [0.2, 0.25) is 0 Å². The standard InChI is InChI=1S/C28H22FN5O4S/c1-33-11-9-23(32-33)18-39(37,38)26-7-5-22(16-21(26)4-2-19-3-6-24(29)25(35)14-19)28(36)31-17-20-8-12-34-13-10-30-27(34)15-20/h3,5-16,35H,17-18H2,1H3,(H,31,36). The monoisotopic (exact) mass is 543 g/mol. The van der Waals surface area contributed by atoms with E-state index in [1.54, 1.807) is 25.5 Å². The molecule has 2 N–H and O–H groups in total. The second kappa shape index (κ2) is 10.4. The van der Waals surface area contributed by atoms with Crippen molar-refractivity contribution in [1.82, 2.24) is 24.5 Å². The SMILES string of the molecule is Cn1ccc(CS(=O)(=O)c2ccc(C(=O)NCc3ccn4ccnc4c3)cc2C#Cc2ccc(F)c(O)c2)n1. The second-order valence-corrected chi connectivity index (χ2v) is 10.7. The van der Waals surface area contributed by atoms with E-state index >= 15 is 0 Å². The average Bonchev–Trinajstić information content (AvgIpc) is 3.55. The number of pyridine rings is 1. The van der Waals surface area contributed by atoms with Gasteiger partial charge in [-0.2, -0.15) is 5.10 Å². The number of hydrogen-bond acceptors (Lipinski definition) is 6. The molecular formula is C28H22FN5O4S. The third-order valence-corrected chi connectivity index (χ3v) is 7.59. The van der Waals surface area contributed by atoms with Crippen LogP contribution in [0.1, 0.15) is 32.7 Å². The fraction of sp³-hybridized carbons (Fsp3) is 0.107. The Morgan fingerprint density at radius 3 is 2.67 bits per heavy atom. The Bertz CT molecular complexity index is 1880. The van der Waals surface area contributed by atoms with Crippen molar-refractivity contribution in [3.8, 4) is 17.6 Å². The van der Waals surface area contributed by atoms with Crippen LogP contribution in [0, 0.1) is 17.7 Å². The van der Waals surface area contributed by atoms with Gasteiger partial charge >= 0.3 is 0 Å². The summed E-state index contributed by atoms with van der Waals surface area (Å²) in [5.41, 5.74) is 2.50. The van der Waals surface area contributed by atoms with E-state index < -0.39 is 27.3 Å². The van der Waals surface area contributed by atoms with E-state index in [4.69, 9.17) is 0 Å². The molecule has 39 heavy (non-hydrogen) atoms. The number of nitrogens with zero attached hydrogens (tertiary/aromatic N) is 4. The van der Waals surface area contributed by atoms with Crippen LogP contribution in [0.15, 0.2) is 84.3 Å². The van der Waals surface area contributed by atoms with Crippen LogP contribution in [0.25, 0.3) is 5.65 Å². The number of carbonyl (C=O) groups excluding carboxylic acids is 1. The van der Waals surface area contributed by atoms with Gasteiger partial charge in [0.05, 0.1) is 16.3 Å². The lowest BCUT2D eigenvalue weighted by atomic mass is 10.1. The Morgan fingerprint density at radius 2 is 1.90 bits per heavy atom. The smallest absolute Gasteiger partial charge is 0.251 e. The third kappa shape index (κ3) is 5.81. The first-order valence-electron chi connectivity index (χ1n) is 11.7. The first-order valence-corrected chi connectivity index (χ1v) is 13.4. The number of phenols is 1. The first-order chi connectivity index (χ1) is 18.7. The fourth-order valence-electron chi connectivity index (χ4n) is 3.93. The first kappa shape index (κ1) is 25.7. The van der Waals surface area contributed by atoms with Gasteiger partial charge in [0.15, 0.2) is 21.4 Å². The minimum Gasteiger partial charge on any atom is -0.505 e. The van der Waals surface area contributed by atoms with E-state index in [1.165, 1.54) is 28.9 Å². The summed E-state index contributed by atoms with van der Waals surface area (Å²) in [4.78, 5) is 17.1. The maximum Gasteiger partial charge on any atom is 0.251 e. The number of aryl methyl sites for hydroxylation is 1. The number of imidazole rings is 1. The predicted molar refractivity (Wildman–Crippen MR) is 141 cm³/mol. The summed E-state index contributed by atoms with van der Waals surface area (Å²) in [6.07, 6.45) is 6.98. The average molecular weight is 544 g/mol. The van der Waals surface area contributed by atoms with Crippen LogP contribution in [0.2, 0.25) is 0 Å². The Labute approximate surface area is 223 Å². The summed E-state index contributed by atoms with van der Waals surface area (Å²) >= 11 is 0. The van der Waals surface area contributed by atoms with Crippen LogP contribution in [0.4, 0.5) is 4.39 Å². The summed E-state index contributed by atoms with van der Waals surface area (Å²) in [5.74, 6) is 3.37. The Balaban J connectivity index is 1.45. The lowest BCUT2D eigenvalue weighted by Gasteiger charge is -2.10. The molecule has 5 aromatic rings. The van der Waals surface area contributed by atoms with Crippen molar-refractivity contribution in [2.24, 2.45) is 7.05 Å². The molecule has 0 aliphatic carbocycles. The molecule has 0 radical (unpaired) electrons. The van der Waals surface area contributed by atoms with Gasteiger partial charge in [0, 0.05) is 55.1 Å². The summed E-state index contributed by atoms with van der Waals surface area (Å²) < 4.78 is 43.4. The van der Waals surface area contributed by atoms with Gasteiger partial charge < -0.3 is 14.8 Å². The van der Waals surface area contributed by atoms with Crippen LogP contribution in [0.5, 0.6) is 5.75 Å². The molecule has 5 rings (SSSR count). The zero-order valence-corrected chi connectivity index (χ0v) is 21.5. The minimum atomic E-state index is -3.89. The van der Waals surface area contributed by atoms with Gasteiger partial charge in [0.25, 0.3) is 5.91 Å². The van der Waals surface area contributed by atoms with Gasteiger partial charge in [-0.05, 0) is 60.2 Å². The molecule has 1 amide bonds. The van der Waals surface area contributed by atoms with E-state index in [1.807, 2.05) is 28.9 Å². The summed E-state index contributed by atoms with van der Waals surface area (Å²) in [5, 5.41) is 16.6. The van der Waals surface area contributed by atoms with Crippen LogP contribution >= 0.6 is 0 Å². The Hall–Kier alpha value is -4.95. The molecule has 196 valence electrons. The minimum absolute atomic E-state index is 0.0757. The summed E-state index contributed by atoms with van der Waals surface area (Å²) in [6.45, 7) is 0.234. The highest BCUT2D eigenvalue weighted by Gasteiger charge is 2.22. The van der Waals surface area contributed by atoms with Crippen molar-refractivity contribution >= 4 is 21.4 Å². The molecule has 0 saturated heterocycles. The number of phenolic OH excluding ortho intramolecular Hbond substituents is 1. The normalized spacial score (nSPS) is 11.2. The van der Waals surface area contributed by atoms with Crippen LogP contribution in [-0.4, -0.2) is 38.6 Å². The third-order valence-electron chi connectivity index (χ3n) is 5.89. The van der Waals surface area contributed by atoms with Crippen LogP contribution in [-0.2, 0) is 29.2 Å².